The maximum Gasteiger partial charge on any atom is 0.160 e. The van der Waals surface area contributed by atoms with Crippen molar-refractivity contribution in [3.8, 4) is 11.3 Å². The molecule has 0 fully saturated rings. The zero-order valence-electron chi connectivity index (χ0n) is 9.57. The number of hydrogen-bond acceptors (Lipinski definition) is 2. The summed E-state index contributed by atoms with van der Waals surface area (Å²) in [5.74, 6) is -0.274. The second-order valence-corrected chi connectivity index (χ2v) is 5.53. The molecule has 0 saturated carbocycles. The molecule has 0 radical (unpaired) electrons. The van der Waals surface area contributed by atoms with E-state index in [-0.39, 0.29) is 5.82 Å². The number of rotatable bonds is 1. The molecular weight excluding hydrogens is 378 g/mol. The van der Waals surface area contributed by atoms with Crippen molar-refractivity contribution < 1.29 is 4.39 Å². The van der Waals surface area contributed by atoms with E-state index >= 15 is 0 Å². The van der Waals surface area contributed by atoms with Crippen LogP contribution in [0.2, 0.25) is 5.15 Å². The van der Waals surface area contributed by atoms with Gasteiger partial charge in [0.2, 0.25) is 0 Å². The molecule has 3 rings (SSSR count). The molecule has 0 atom stereocenters. The number of aromatic nitrogens is 2. The summed E-state index contributed by atoms with van der Waals surface area (Å²) in [5.41, 5.74) is 1.52. The SMILES string of the molecule is Fc1ccc(-c2nnc(Cl)c3c(I)cccc23)cc1. The molecule has 3 aromatic rings. The lowest BCUT2D eigenvalue weighted by atomic mass is 10.1. The van der Waals surface area contributed by atoms with Crippen molar-refractivity contribution in [2.24, 2.45) is 0 Å². The van der Waals surface area contributed by atoms with Crippen LogP contribution in [-0.2, 0) is 0 Å². The predicted octanol–water partition coefficient (Wildman–Crippen LogP) is 4.69. The van der Waals surface area contributed by atoms with Crippen LogP contribution in [0.5, 0.6) is 0 Å². The summed E-state index contributed by atoms with van der Waals surface area (Å²) in [6.45, 7) is 0. The number of halogens is 3. The van der Waals surface area contributed by atoms with E-state index in [0.717, 1.165) is 19.9 Å². The number of nitrogens with zero attached hydrogens (tertiary/aromatic N) is 2. The van der Waals surface area contributed by atoms with Gasteiger partial charge >= 0.3 is 0 Å². The molecule has 1 aromatic heterocycles. The highest BCUT2D eigenvalue weighted by molar-refractivity contribution is 14.1. The van der Waals surface area contributed by atoms with Gasteiger partial charge in [-0.2, -0.15) is 0 Å². The van der Waals surface area contributed by atoms with E-state index < -0.39 is 0 Å². The fourth-order valence-corrected chi connectivity index (χ4v) is 3.10. The van der Waals surface area contributed by atoms with Crippen LogP contribution in [0.1, 0.15) is 0 Å². The van der Waals surface area contributed by atoms with Gasteiger partial charge in [0.1, 0.15) is 11.5 Å². The minimum atomic E-state index is -0.274. The first kappa shape index (κ1) is 12.7. The molecule has 0 aliphatic heterocycles. The van der Waals surface area contributed by atoms with Gasteiger partial charge < -0.3 is 0 Å². The molecule has 0 saturated heterocycles. The number of benzene rings is 2. The molecule has 2 aromatic carbocycles. The van der Waals surface area contributed by atoms with Crippen LogP contribution in [-0.4, -0.2) is 10.2 Å². The van der Waals surface area contributed by atoms with Crippen molar-refractivity contribution >= 4 is 45.0 Å². The van der Waals surface area contributed by atoms with Gasteiger partial charge in [-0.1, -0.05) is 23.7 Å². The van der Waals surface area contributed by atoms with Crippen molar-refractivity contribution in [2.75, 3.05) is 0 Å². The molecule has 19 heavy (non-hydrogen) atoms. The van der Waals surface area contributed by atoms with Crippen LogP contribution in [0.25, 0.3) is 22.0 Å². The minimum absolute atomic E-state index is 0.274. The molecule has 5 heteroatoms. The fraction of sp³-hybridized carbons (Fsp3) is 0. The van der Waals surface area contributed by atoms with Crippen molar-refractivity contribution in [1.29, 1.82) is 0 Å². The van der Waals surface area contributed by atoms with Gasteiger partial charge in [0.05, 0.1) is 0 Å². The van der Waals surface area contributed by atoms with Gasteiger partial charge in [0.25, 0.3) is 0 Å². The highest BCUT2D eigenvalue weighted by Crippen LogP contribution is 2.32. The minimum Gasteiger partial charge on any atom is -0.207 e. The quantitative estimate of drug-likeness (QED) is 0.569. The lowest BCUT2D eigenvalue weighted by Gasteiger charge is -2.07. The Morgan fingerprint density at radius 2 is 1.74 bits per heavy atom. The summed E-state index contributed by atoms with van der Waals surface area (Å²) in [6, 6.07) is 12.0. The van der Waals surface area contributed by atoms with Gasteiger partial charge in [0.15, 0.2) is 5.15 Å². The third-order valence-electron chi connectivity index (χ3n) is 2.83. The molecule has 0 N–H and O–H groups in total. The highest BCUT2D eigenvalue weighted by atomic mass is 127. The Kier molecular flexibility index (Phi) is 3.36. The molecule has 1 heterocycles. The molecule has 0 amide bonds. The molecule has 94 valence electrons. The monoisotopic (exact) mass is 384 g/mol. The smallest absolute Gasteiger partial charge is 0.160 e. The van der Waals surface area contributed by atoms with Crippen molar-refractivity contribution in [1.82, 2.24) is 10.2 Å². The van der Waals surface area contributed by atoms with Crippen molar-refractivity contribution in [2.45, 2.75) is 0 Å². The summed E-state index contributed by atoms with van der Waals surface area (Å²) in [5, 5.41) is 10.3. The third kappa shape index (κ3) is 2.30. The Morgan fingerprint density at radius 3 is 2.47 bits per heavy atom. The lowest BCUT2D eigenvalue weighted by molar-refractivity contribution is 0.628. The standard InChI is InChI=1S/C14H7ClFIN2/c15-14-12-10(2-1-3-11(12)17)13(18-19-14)8-4-6-9(16)7-5-8/h1-7H. The molecule has 0 spiro atoms. The van der Waals surface area contributed by atoms with E-state index in [4.69, 9.17) is 11.6 Å². The predicted molar refractivity (Wildman–Crippen MR) is 82.7 cm³/mol. The van der Waals surface area contributed by atoms with Gasteiger partial charge in [0, 0.05) is 19.9 Å². The Hall–Kier alpha value is -1.27. The summed E-state index contributed by atoms with van der Waals surface area (Å²) in [4.78, 5) is 0. The van der Waals surface area contributed by atoms with Gasteiger partial charge in [-0.15, -0.1) is 10.2 Å². The zero-order valence-corrected chi connectivity index (χ0v) is 12.5. The molecule has 0 aliphatic rings. The van der Waals surface area contributed by atoms with Crippen LogP contribution in [0.15, 0.2) is 42.5 Å². The van der Waals surface area contributed by atoms with Crippen molar-refractivity contribution in [3.05, 3.63) is 57.0 Å². The number of hydrogen-bond donors (Lipinski definition) is 0. The van der Waals surface area contributed by atoms with Gasteiger partial charge in [-0.25, -0.2) is 4.39 Å². The van der Waals surface area contributed by atoms with E-state index in [1.54, 1.807) is 12.1 Å². The summed E-state index contributed by atoms with van der Waals surface area (Å²) in [6.07, 6.45) is 0. The average Bonchev–Trinajstić information content (AvgIpc) is 2.41. The summed E-state index contributed by atoms with van der Waals surface area (Å²) < 4.78 is 14.0. The Balaban J connectivity index is 2.34. The van der Waals surface area contributed by atoms with E-state index in [1.165, 1.54) is 12.1 Å². The topological polar surface area (TPSA) is 25.8 Å². The van der Waals surface area contributed by atoms with Crippen LogP contribution in [0.4, 0.5) is 4.39 Å². The Morgan fingerprint density at radius 1 is 1.00 bits per heavy atom. The van der Waals surface area contributed by atoms with Crippen molar-refractivity contribution in [3.63, 3.8) is 0 Å². The van der Waals surface area contributed by atoms with Crippen LogP contribution < -0.4 is 0 Å². The Bertz CT molecular complexity index is 751. The van der Waals surface area contributed by atoms with E-state index in [9.17, 15) is 4.39 Å². The first-order valence-electron chi connectivity index (χ1n) is 5.53. The van der Waals surface area contributed by atoms with Crippen LogP contribution >= 0.6 is 34.2 Å². The molecular formula is C14H7ClFIN2. The summed E-state index contributed by atoms with van der Waals surface area (Å²) in [7, 11) is 0. The first-order chi connectivity index (χ1) is 9.16. The maximum atomic E-state index is 13.0. The molecule has 2 nitrogen and oxygen atoms in total. The van der Waals surface area contributed by atoms with Crippen LogP contribution in [0, 0.1) is 9.39 Å². The Labute approximate surface area is 127 Å². The summed E-state index contributed by atoms with van der Waals surface area (Å²) >= 11 is 8.32. The van der Waals surface area contributed by atoms with Gasteiger partial charge in [-0.3, -0.25) is 0 Å². The van der Waals surface area contributed by atoms with E-state index in [1.807, 2.05) is 18.2 Å². The van der Waals surface area contributed by atoms with Crippen LogP contribution in [0.3, 0.4) is 0 Å². The second kappa shape index (κ2) is 5.02. The molecule has 0 unspecified atom stereocenters. The maximum absolute atomic E-state index is 13.0. The third-order valence-corrected chi connectivity index (χ3v) is 3.99. The highest BCUT2D eigenvalue weighted by Gasteiger charge is 2.12. The molecule has 0 aliphatic carbocycles. The van der Waals surface area contributed by atoms with E-state index in [2.05, 4.69) is 32.8 Å². The molecule has 0 bridgehead atoms. The zero-order chi connectivity index (χ0) is 13.4. The van der Waals surface area contributed by atoms with E-state index in [0.29, 0.717) is 10.8 Å². The first-order valence-corrected chi connectivity index (χ1v) is 6.99. The number of fused-ring (bicyclic) bond motifs is 1. The lowest BCUT2D eigenvalue weighted by Crippen LogP contribution is -1.93. The second-order valence-electron chi connectivity index (χ2n) is 4.01. The largest absolute Gasteiger partial charge is 0.207 e. The normalized spacial score (nSPS) is 10.9. The van der Waals surface area contributed by atoms with Gasteiger partial charge in [-0.05, 0) is 52.9 Å². The fourth-order valence-electron chi connectivity index (χ4n) is 1.95. The average molecular weight is 385 g/mol.